The highest BCUT2D eigenvalue weighted by molar-refractivity contribution is 9.10. The van der Waals surface area contributed by atoms with Gasteiger partial charge in [-0.15, -0.1) is 11.8 Å². The summed E-state index contributed by atoms with van der Waals surface area (Å²) in [7, 11) is 0. The van der Waals surface area contributed by atoms with Crippen molar-refractivity contribution in [2.24, 2.45) is 0 Å². The van der Waals surface area contributed by atoms with E-state index >= 15 is 0 Å². The number of thiazole rings is 1. The lowest BCUT2D eigenvalue weighted by atomic mass is 10.3. The maximum Gasteiger partial charge on any atom is 0.226 e. The summed E-state index contributed by atoms with van der Waals surface area (Å²) in [5, 5.41) is 3.43. The molecule has 3 aromatic rings. The van der Waals surface area contributed by atoms with Crippen LogP contribution in [-0.2, 0) is 4.79 Å². The normalized spacial score (nSPS) is 10.9. The second kappa shape index (κ2) is 7.42. The van der Waals surface area contributed by atoms with Crippen molar-refractivity contribution >= 4 is 60.3 Å². The van der Waals surface area contributed by atoms with Crippen molar-refractivity contribution < 1.29 is 9.18 Å². The van der Waals surface area contributed by atoms with Crippen LogP contribution in [0.1, 0.15) is 6.42 Å². The highest BCUT2D eigenvalue weighted by Gasteiger charge is 2.08. The first kappa shape index (κ1) is 16.4. The molecule has 23 heavy (non-hydrogen) atoms. The topological polar surface area (TPSA) is 42.0 Å². The number of aromatic nitrogens is 1. The molecule has 118 valence electrons. The fourth-order valence-electron chi connectivity index (χ4n) is 1.93. The molecule has 0 bridgehead atoms. The highest BCUT2D eigenvalue weighted by Crippen LogP contribution is 2.28. The third kappa shape index (κ3) is 4.53. The summed E-state index contributed by atoms with van der Waals surface area (Å²) in [4.78, 5) is 17.3. The quantitative estimate of drug-likeness (QED) is 0.578. The van der Waals surface area contributed by atoms with Gasteiger partial charge < -0.3 is 5.32 Å². The van der Waals surface area contributed by atoms with E-state index < -0.39 is 0 Å². The Morgan fingerprint density at radius 3 is 2.83 bits per heavy atom. The van der Waals surface area contributed by atoms with E-state index in [1.807, 2.05) is 18.2 Å². The van der Waals surface area contributed by atoms with Crippen LogP contribution in [0.25, 0.3) is 10.2 Å². The zero-order valence-corrected chi connectivity index (χ0v) is 15.1. The molecule has 0 radical (unpaired) electrons. The molecule has 0 aliphatic heterocycles. The van der Waals surface area contributed by atoms with Crippen LogP contribution in [0.2, 0.25) is 0 Å². The summed E-state index contributed by atoms with van der Waals surface area (Å²) in [6, 6.07) is 12.1. The molecule has 0 spiro atoms. The van der Waals surface area contributed by atoms with Crippen molar-refractivity contribution in [2.75, 3.05) is 11.1 Å². The molecule has 3 nitrogen and oxygen atoms in total. The smallest absolute Gasteiger partial charge is 0.226 e. The Balaban J connectivity index is 1.53. The number of thioether (sulfide) groups is 1. The number of benzene rings is 2. The van der Waals surface area contributed by atoms with Gasteiger partial charge in [0.2, 0.25) is 5.91 Å². The van der Waals surface area contributed by atoms with Crippen LogP contribution in [-0.4, -0.2) is 16.6 Å². The number of anilines is 1. The van der Waals surface area contributed by atoms with Gasteiger partial charge >= 0.3 is 0 Å². The number of fused-ring (bicyclic) bond motifs is 1. The monoisotopic (exact) mass is 410 g/mol. The Labute approximate surface area is 149 Å². The maximum atomic E-state index is 12.8. The van der Waals surface area contributed by atoms with Gasteiger partial charge in [0.1, 0.15) is 5.82 Å². The fraction of sp³-hybridized carbons (Fsp3) is 0.125. The lowest BCUT2D eigenvalue weighted by molar-refractivity contribution is -0.115. The van der Waals surface area contributed by atoms with Gasteiger partial charge in [-0.3, -0.25) is 4.79 Å². The van der Waals surface area contributed by atoms with Crippen molar-refractivity contribution in [1.29, 1.82) is 0 Å². The molecule has 0 fully saturated rings. The summed E-state index contributed by atoms with van der Waals surface area (Å²) in [5.74, 6) is 0.306. The summed E-state index contributed by atoms with van der Waals surface area (Å²) in [5.41, 5.74) is 0.870. The van der Waals surface area contributed by atoms with Gasteiger partial charge in [-0.1, -0.05) is 27.3 Å². The van der Waals surface area contributed by atoms with Gasteiger partial charge in [0.05, 0.1) is 10.2 Å². The van der Waals surface area contributed by atoms with Crippen LogP contribution in [0, 0.1) is 5.82 Å². The zero-order valence-electron chi connectivity index (χ0n) is 11.9. The van der Waals surface area contributed by atoms with Gasteiger partial charge in [0.25, 0.3) is 0 Å². The van der Waals surface area contributed by atoms with E-state index in [-0.39, 0.29) is 11.7 Å². The Morgan fingerprint density at radius 2 is 2.04 bits per heavy atom. The summed E-state index contributed by atoms with van der Waals surface area (Å²) in [6.45, 7) is 0. The fourth-order valence-corrected chi connectivity index (χ4v) is 4.21. The molecule has 1 amide bonds. The molecule has 0 aliphatic carbocycles. The van der Waals surface area contributed by atoms with Crippen LogP contribution in [0.4, 0.5) is 9.52 Å². The predicted octanol–water partition coefficient (Wildman–Crippen LogP) is 5.32. The average Bonchev–Trinajstić information content (AvgIpc) is 2.90. The van der Waals surface area contributed by atoms with Crippen molar-refractivity contribution in [2.45, 2.75) is 11.3 Å². The van der Waals surface area contributed by atoms with Crippen molar-refractivity contribution in [3.05, 3.63) is 52.8 Å². The van der Waals surface area contributed by atoms with Crippen LogP contribution in [0.3, 0.4) is 0 Å². The largest absolute Gasteiger partial charge is 0.302 e. The van der Waals surface area contributed by atoms with Gasteiger partial charge in [0.15, 0.2) is 5.13 Å². The number of rotatable bonds is 5. The summed E-state index contributed by atoms with van der Waals surface area (Å²) >= 11 is 6.39. The third-order valence-corrected chi connectivity index (χ3v) is 5.45. The molecule has 7 heteroatoms. The summed E-state index contributed by atoms with van der Waals surface area (Å²) < 4.78 is 14.8. The van der Waals surface area contributed by atoms with E-state index in [1.54, 1.807) is 12.1 Å². The molecular weight excluding hydrogens is 399 g/mol. The van der Waals surface area contributed by atoms with Gasteiger partial charge in [0, 0.05) is 21.5 Å². The van der Waals surface area contributed by atoms with Crippen molar-refractivity contribution in [3.63, 3.8) is 0 Å². The molecule has 3 rings (SSSR count). The molecule has 1 heterocycles. The highest BCUT2D eigenvalue weighted by atomic mass is 79.9. The number of halogens is 2. The molecule has 0 saturated heterocycles. The minimum Gasteiger partial charge on any atom is -0.302 e. The SMILES string of the molecule is O=C(CCSc1ccc(F)cc1)Nc1nc2ccc(Br)cc2s1. The molecule has 0 atom stereocenters. The number of carbonyl (C=O) groups excluding carboxylic acids is 1. The third-order valence-electron chi connectivity index (χ3n) is 3.01. The van der Waals surface area contributed by atoms with Crippen LogP contribution in [0.15, 0.2) is 51.8 Å². The van der Waals surface area contributed by atoms with E-state index in [4.69, 9.17) is 0 Å². The minimum absolute atomic E-state index is 0.0715. The second-order valence-electron chi connectivity index (χ2n) is 4.73. The molecule has 0 aliphatic rings. The second-order valence-corrected chi connectivity index (χ2v) is 7.85. The van der Waals surface area contributed by atoms with E-state index in [2.05, 4.69) is 26.2 Å². The molecule has 2 aromatic carbocycles. The lowest BCUT2D eigenvalue weighted by Gasteiger charge is -2.02. The molecule has 0 unspecified atom stereocenters. The van der Waals surface area contributed by atoms with Gasteiger partial charge in [-0.2, -0.15) is 0 Å². The number of carbonyl (C=O) groups is 1. The standard InChI is InChI=1S/C16H12BrFN2OS2/c17-10-1-6-13-14(9-10)23-16(19-13)20-15(21)7-8-22-12-4-2-11(18)3-5-12/h1-6,9H,7-8H2,(H,19,20,21). The number of hydrogen-bond donors (Lipinski definition) is 1. The first-order valence-electron chi connectivity index (χ1n) is 6.84. The van der Waals surface area contributed by atoms with Gasteiger partial charge in [-0.25, -0.2) is 9.37 Å². The first-order valence-corrected chi connectivity index (χ1v) is 9.44. The Hall–Kier alpha value is -1.44. The van der Waals surface area contributed by atoms with Crippen LogP contribution < -0.4 is 5.32 Å². The maximum absolute atomic E-state index is 12.8. The van der Waals surface area contributed by atoms with Crippen LogP contribution >= 0.6 is 39.0 Å². The Bertz CT molecular complexity index is 836. The summed E-state index contributed by atoms with van der Waals surface area (Å²) in [6.07, 6.45) is 0.377. The number of hydrogen-bond acceptors (Lipinski definition) is 4. The first-order chi connectivity index (χ1) is 11.1. The molecular formula is C16H12BrFN2OS2. The molecule has 1 aromatic heterocycles. The molecule has 0 saturated carbocycles. The number of nitrogens with one attached hydrogen (secondary N) is 1. The number of amides is 1. The minimum atomic E-state index is -0.255. The van der Waals surface area contributed by atoms with Crippen molar-refractivity contribution in [1.82, 2.24) is 4.98 Å². The lowest BCUT2D eigenvalue weighted by Crippen LogP contribution is -2.11. The van der Waals surface area contributed by atoms with E-state index in [0.29, 0.717) is 17.3 Å². The zero-order chi connectivity index (χ0) is 16.2. The Kier molecular flexibility index (Phi) is 5.30. The van der Waals surface area contributed by atoms with Gasteiger partial charge in [-0.05, 0) is 42.5 Å². The van der Waals surface area contributed by atoms with E-state index in [9.17, 15) is 9.18 Å². The molecule has 1 N–H and O–H groups in total. The van der Waals surface area contributed by atoms with E-state index in [1.165, 1.54) is 35.2 Å². The van der Waals surface area contributed by atoms with E-state index in [0.717, 1.165) is 19.6 Å². The Morgan fingerprint density at radius 1 is 1.26 bits per heavy atom. The number of nitrogens with zero attached hydrogens (tertiary/aromatic N) is 1. The average molecular weight is 411 g/mol. The van der Waals surface area contributed by atoms with Crippen LogP contribution in [0.5, 0.6) is 0 Å². The predicted molar refractivity (Wildman–Crippen MR) is 97.7 cm³/mol. The van der Waals surface area contributed by atoms with Crippen molar-refractivity contribution in [3.8, 4) is 0 Å².